The van der Waals surface area contributed by atoms with Gasteiger partial charge in [0.15, 0.2) is 0 Å². The summed E-state index contributed by atoms with van der Waals surface area (Å²) in [6, 6.07) is 7.63. The maximum absolute atomic E-state index is 12.6. The number of carbonyl (C=O) groups excluding carboxylic acids is 1. The minimum atomic E-state index is -0.199. The van der Waals surface area contributed by atoms with Crippen LogP contribution in [0.4, 0.5) is 11.5 Å². The van der Waals surface area contributed by atoms with Crippen LogP contribution in [0.25, 0.3) is 21.7 Å². The zero-order valence-electron chi connectivity index (χ0n) is 18.2. The summed E-state index contributed by atoms with van der Waals surface area (Å²) in [5.74, 6) is 1.08. The van der Waals surface area contributed by atoms with Gasteiger partial charge in [0.25, 0.3) is 5.56 Å². The number of pyridine rings is 2. The molecule has 1 aliphatic heterocycles. The Balaban J connectivity index is 1.70. The van der Waals surface area contributed by atoms with Crippen molar-refractivity contribution in [3.05, 3.63) is 40.8 Å². The Labute approximate surface area is 181 Å². The van der Waals surface area contributed by atoms with Crippen molar-refractivity contribution in [2.24, 2.45) is 5.92 Å². The van der Waals surface area contributed by atoms with E-state index < -0.39 is 0 Å². The summed E-state index contributed by atoms with van der Waals surface area (Å²) < 4.78 is 5.34. The van der Waals surface area contributed by atoms with E-state index in [0.29, 0.717) is 42.3 Å². The molecule has 0 saturated carbocycles. The zero-order chi connectivity index (χ0) is 22.0. The van der Waals surface area contributed by atoms with E-state index in [2.05, 4.69) is 41.3 Å². The van der Waals surface area contributed by atoms with E-state index >= 15 is 0 Å². The Morgan fingerprint density at radius 2 is 1.97 bits per heavy atom. The first-order valence-electron chi connectivity index (χ1n) is 10.7. The second-order valence-electron chi connectivity index (χ2n) is 8.40. The molecular weight excluding hydrogens is 394 g/mol. The number of aromatic nitrogens is 2. The smallest absolute Gasteiger partial charge is 0.258 e. The highest BCUT2D eigenvalue weighted by molar-refractivity contribution is 6.11. The van der Waals surface area contributed by atoms with Crippen molar-refractivity contribution in [1.29, 1.82) is 0 Å². The van der Waals surface area contributed by atoms with Gasteiger partial charge in [0.1, 0.15) is 5.82 Å². The Morgan fingerprint density at radius 1 is 1.19 bits per heavy atom. The quantitative estimate of drug-likeness (QED) is 0.527. The summed E-state index contributed by atoms with van der Waals surface area (Å²) in [4.78, 5) is 34.7. The number of nitrogens with one attached hydrogen (secondary N) is 3. The summed E-state index contributed by atoms with van der Waals surface area (Å²) in [6.07, 6.45) is 1.60. The van der Waals surface area contributed by atoms with E-state index in [9.17, 15) is 9.59 Å². The molecule has 4 rings (SSSR count). The van der Waals surface area contributed by atoms with Gasteiger partial charge in [0.05, 0.1) is 30.7 Å². The highest BCUT2D eigenvalue weighted by atomic mass is 16.5. The number of fused-ring (bicyclic) bond motifs is 3. The molecule has 8 heteroatoms. The molecule has 1 saturated heterocycles. The fourth-order valence-electron chi connectivity index (χ4n) is 3.69. The molecule has 0 aliphatic carbocycles. The maximum Gasteiger partial charge on any atom is 0.258 e. The number of rotatable bonds is 6. The van der Waals surface area contributed by atoms with Crippen molar-refractivity contribution >= 4 is 39.1 Å². The number of ether oxygens (including phenoxy) is 1. The average molecular weight is 424 g/mol. The molecule has 3 heterocycles. The van der Waals surface area contributed by atoms with Gasteiger partial charge in [-0.25, -0.2) is 4.98 Å². The Hall–Kier alpha value is -2.97. The number of H-pyrrole nitrogens is 1. The second kappa shape index (κ2) is 9.03. The number of morpholine rings is 1. The zero-order valence-corrected chi connectivity index (χ0v) is 18.2. The van der Waals surface area contributed by atoms with Crippen LogP contribution in [0.1, 0.15) is 20.8 Å². The van der Waals surface area contributed by atoms with E-state index in [1.165, 1.54) is 0 Å². The van der Waals surface area contributed by atoms with Crippen molar-refractivity contribution < 1.29 is 9.53 Å². The number of carbonyl (C=O) groups is 1. The molecule has 1 aromatic carbocycles. The first-order chi connectivity index (χ1) is 14.9. The molecule has 0 unspecified atom stereocenters. The van der Waals surface area contributed by atoms with E-state index in [1.807, 2.05) is 18.2 Å². The van der Waals surface area contributed by atoms with Crippen LogP contribution in [0, 0.1) is 5.92 Å². The van der Waals surface area contributed by atoms with Gasteiger partial charge in [-0.3, -0.25) is 14.5 Å². The van der Waals surface area contributed by atoms with Crippen molar-refractivity contribution in [3.63, 3.8) is 0 Å². The number of benzene rings is 1. The Kier molecular flexibility index (Phi) is 6.20. The molecule has 1 atom stereocenters. The lowest BCUT2D eigenvalue weighted by Gasteiger charge is -2.25. The highest BCUT2D eigenvalue weighted by Crippen LogP contribution is 2.30. The fourth-order valence-corrected chi connectivity index (χ4v) is 3.69. The van der Waals surface area contributed by atoms with Crippen LogP contribution in [-0.2, 0) is 9.53 Å². The van der Waals surface area contributed by atoms with Crippen LogP contribution >= 0.6 is 0 Å². The summed E-state index contributed by atoms with van der Waals surface area (Å²) >= 11 is 0. The van der Waals surface area contributed by atoms with Crippen LogP contribution in [0.3, 0.4) is 0 Å². The average Bonchev–Trinajstić information content (AvgIpc) is 2.74. The molecule has 1 amide bonds. The SMILES string of the molecule is CC(C)[C@H](C)Nc1nc2cc[nH]c(=O)c2c2cc(NC(=O)CN3CCOCC3)ccc12. The first kappa shape index (κ1) is 21.3. The van der Waals surface area contributed by atoms with Crippen LogP contribution in [0.2, 0.25) is 0 Å². The van der Waals surface area contributed by atoms with E-state index in [4.69, 9.17) is 9.72 Å². The predicted molar refractivity (Wildman–Crippen MR) is 124 cm³/mol. The molecule has 8 nitrogen and oxygen atoms in total. The number of anilines is 2. The van der Waals surface area contributed by atoms with Gasteiger partial charge in [-0.05, 0) is 37.1 Å². The molecule has 31 heavy (non-hydrogen) atoms. The fraction of sp³-hybridized carbons (Fsp3) is 0.435. The predicted octanol–water partition coefficient (Wildman–Crippen LogP) is 2.80. The molecule has 3 aromatic rings. The van der Waals surface area contributed by atoms with Gasteiger partial charge in [-0.2, -0.15) is 0 Å². The van der Waals surface area contributed by atoms with Crippen LogP contribution in [0.15, 0.2) is 35.3 Å². The first-order valence-corrected chi connectivity index (χ1v) is 10.7. The molecule has 1 aliphatic rings. The van der Waals surface area contributed by atoms with Gasteiger partial charge in [-0.1, -0.05) is 13.8 Å². The number of hydrogen-bond acceptors (Lipinski definition) is 6. The van der Waals surface area contributed by atoms with Crippen molar-refractivity contribution in [3.8, 4) is 0 Å². The highest BCUT2D eigenvalue weighted by Gasteiger charge is 2.17. The Morgan fingerprint density at radius 3 is 2.71 bits per heavy atom. The minimum absolute atomic E-state index is 0.0831. The van der Waals surface area contributed by atoms with E-state index in [1.54, 1.807) is 12.3 Å². The standard InChI is InChI=1S/C23H29N5O3/c1-14(2)15(3)25-22-17-5-4-16(26-20(29)13-28-8-10-31-11-9-28)12-18(17)21-19(27-22)6-7-24-23(21)30/h4-7,12,14-15H,8-11,13H2,1-3H3,(H,24,30)(H,25,27)(H,26,29)/t15-/m0/s1. The molecule has 0 spiro atoms. The molecule has 0 bridgehead atoms. The van der Waals surface area contributed by atoms with Crippen LogP contribution in [0.5, 0.6) is 0 Å². The summed E-state index contributed by atoms with van der Waals surface area (Å²) in [7, 11) is 0. The van der Waals surface area contributed by atoms with Crippen LogP contribution < -0.4 is 16.2 Å². The molecule has 164 valence electrons. The Bertz CT molecular complexity index is 1150. The third-order valence-electron chi connectivity index (χ3n) is 5.83. The summed E-state index contributed by atoms with van der Waals surface area (Å²) in [5, 5.41) is 8.58. The van der Waals surface area contributed by atoms with Gasteiger partial charge < -0.3 is 20.4 Å². The van der Waals surface area contributed by atoms with Crippen LogP contribution in [-0.4, -0.2) is 59.7 Å². The molecule has 1 fully saturated rings. The number of nitrogens with zero attached hydrogens (tertiary/aromatic N) is 2. The van der Waals surface area contributed by atoms with Gasteiger partial charge in [-0.15, -0.1) is 0 Å². The normalized spacial score (nSPS) is 16.0. The maximum atomic E-state index is 12.6. The van der Waals surface area contributed by atoms with E-state index in [0.717, 1.165) is 29.7 Å². The molecule has 3 N–H and O–H groups in total. The van der Waals surface area contributed by atoms with E-state index in [-0.39, 0.29) is 17.5 Å². The van der Waals surface area contributed by atoms with Crippen molar-refractivity contribution in [2.45, 2.75) is 26.8 Å². The lowest BCUT2D eigenvalue weighted by atomic mass is 10.0. The lowest BCUT2D eigenvalue weighted by molar-refractivity contribution is -0.118. The van der Waals surface area contributed by atoms with Crippen molar-refractivity contribution in [1.82, 2.24) is 14.9 Å². The molecule has 2 aromatic heterocycles. The summed E-state index contributed by atoms with van der Waals surface area (Å²) in [5.41, 5.74) is 1.08. The largest absolute Gasteiger partial charge is 0.379 e. The van der Waals surface area contributed by atoms with Crippen molar-refractivity contribution in [2.75, 3.05) is 43.5 Å². The topological polar surface area (TPSA) is 99.3 Å². The second-order valence-corrected chi connectivity index (χ2v) is 8.40. The monoisotopic (exact) mass is 423 g/mol. The number of aromatic amines is 1. The lowest BCUT2D eigenvalue weighted by Crippen LogP contribution is -2.41. The molecule has 0 radical (unpaired) electrons. The third kappa shape index (κ3) is 4.70. The molecular formula is C23H29N5O3. The van der Waals surface area contributed by atoms with Gasteiger partial charge in [0.2, 0.25) is 5.91 Å². The minimum Gasteiger partial charge on any atom is -0.379 e. The van der Waals surface area contributed by atoms with Gasteiger partial charge in [0, 0.05) is 41.8 Å². The number of hydrogen-bond donors (Lipinski definition) is 3. The third-order valence-corrected chi connectivity index (χ3v) is 5.83. The summed E-state index contributed by atoms with van der Waals surface area (Å²) in [6.45, 7) is 9.52. The number of amides is 1. The van der Waals surface area contributed by atoms with Gasteiger partial charge >= 0.3 is 0 Å².